The molecule has 0 aromatic heterocycles. The highest BCUT2D eigenvalue weighted by molar-refractivity contribution is 8.21. The first-order valence-electron chi connectivity index (χ1n) is 4.73. The fraction of sp³-hybridized carbons (Fsp3) is 0.455. The van der Waals surface area contributed by atoms with E-state index in [0.717, 1.165) is 0 Å². The second-order valence-corrected chi connectivity index (χ2v) is 5.04. The van der Waals surface area contributed by atoms with Gasteiger partial charge in [-0.15, -0.1) is 0 Å². The van der Waals surface area contributed by atoms with Crippen LogP contribution in [0.25, 0.3) is 0 Å². The van der Waals surface area contributed by atoms with Gasteiger partial charge in [-0.2, -0.15) is 0 Å². The Morgan fingerprint density at radius 2 is 1.69 bits per heavy atom. The lowest BCUT2D eigenvalue weighted by Crippen LogP contribution is -2.14. The molecule has 0 N–H and O–H groups in total. The lowest BCUT2D eigenvalue weighted by Gasteiger charge is -2.25. The van der Waals surface area contributed by atoms with Crippen LogP contribution in [0.5, 0.6) is 0 Å². The van der Waals surface area contributed by atoms with Gasteiger partial charge < -0.3 is 0 Å². The van der Waals surface area contributed by atoms with Gasteiger partial charge in [0.1, 0.15) is 0 Å². The Balaban J connectivity index is 2.31. The molecule has 1 aromatic carbocycles. The van der Waals surface area contributed by atoms with Gasteiger partial charge >= 0.3 is 0 Å². The fourth-order valence-electron chi connectivity index (χ4n) is 2.10. The van der Waals surface area contributed by atoms with Crippen molar-refractivity contribution in [2.24, 2.45) is 0 Å². The molecule has 2 rings (SSSR count). The molecule has 2 heteroatoms. The van der Waals surface area contributed by atoms with E-state index in [1.54, 1.807) is 0 Å². The van der Waals surface area contributed by atoms with Crippen LogP contribution >= 0.6 is 21.7 Å². The highest BCUT2D eigenvalue weighted by Crippen LogP contribution is 2.51. The molecule has 1 fully saturated rings. The summed E-state index contributed by atoms with van der Waals surface area (Å²) >= 11 is 0. The lowest BCUT2D eigenvalue weighted by atomic mass is 9.97. The molecule has 1 saturated carbocycles. The second-order valence-electron chi connectivity index (χ2n) is 3.64. The number of hydrogen-bond acceptors (Lipinski definition) is 1. The van der Waals surface area contributed by atoms with E-state index < -0.39 is 0 Å². The normalized spacial score (nSPS) is 20.4. The zero-order valence-electron chi connectivity index (χ0n) is 7.50. The highest BCUT2D eigenvalue weighted by Gasteiger charge is 2.35. The quantitative estimate of drug-likeness (QED) is 0.703. The zero-order valence-corrected chi connectivity index (χ0v) is 9.07. The van der Waals surface area contributed by atoms with E-state index in [1.807, 2.05) is 0 Å². The van der Waals surface area contributed by atoms with Crippen molar-refractivity contribution in [1.82, 2.24) is 0 Å². The molecule has 1 aliphatic carbocycles. The minimum Gasteiger partial charge on any atom is -0.0622 e. The van der Waals surface area contributed by atoms with E-state index in [4.69, 9.17) is 10.7 Å². The number of rotatable bonds is 2. The average Bonchev–Trinajstić information content (AvgIpc) is 2.69. The van der Waals surface area contributed by atoms with E-state index >= 15 is 0 Å². The molecule has 0 spiro atoms. The van der Waals surface area contributed by atoms with Crippen molar-refractivity contribution in [3.05, 3.63) is 35.9 Å². The predicted molar refractivity (Wildman–Crippen MR) is 60.0 cm³/mol. The van der Waals surface area contributed by atoms with E-state index in [-0.39, 0.29) is 4.75 Å². The van der Waals surface area contributed by atoms with Crippen molar-refractivity contribution in [2.75, 3.05) is 0 Å². The van der Waals surface area contributed by atoms with Gasteiger partial charge in [-0.25, -0.2) is 0 Å². The summed E-state index contributed by atoms with van der Waals surface area (Å²) < 4.78 is 0.211. The van der Waals surface area contributed by atoms with Gasteiger partial charge in [0.2, 0.25) is 0 Å². The first-order valence-corrected chi connectivity index (χ1v) is 6.37. The zero-order chi connectivity index (χ0) is 9.15. The van der Waals surface area contributed by atoms with Gasteiger partial charge in [0.25, 0.3) is 0 Å². The van der Waals surface area contributed by atoms with Crippen LogP contribution in [-0.2, 0) is 4.75 Å². The monoisotopic (exact) mass is 212 g/mol. The Morgan fingerprint density at radius 3 is 2.23 bits per heavy atom. The molecule has 0 aliphatic heterocycles. The van der Waals surface area contributed by atoms with Crippen LogP contribution in [0.1, 0.15) is 31.2 Å². The summed E-state index contributed by atoms with van der Waals surface area (Å²) in [7, 11) is 7.52. The smallest absolute Gasteiger partial charge is 0.0559 e. The summed E-state index contributed by atoms with van der Waals surface area (Å²) in [6.45, 7) is 0. The Morgan fingerprint density at radius 1 is 1.08 bits per heavy atom. The van der Waals surface area contributed by atoms with Crippen molar-refractivity contribution < 1.29 is 0 Å². The van der Waals surface area contributed by atoms with Crippen LogP contribution in [0.15, 0.2) is 30.3 Å². The number of hydrogen-bond donors (Lipinski definition) is 0. The highest BCUT2D eigenvalue weighted by atomic mass is 35.7. The Labute approximate surface area is 88.2 Å². The van der Waals surface area contributed by atoms with Crippen LogP contribution in [0.2, 0.25) is 0 Å². The predicted octanol–water partition coefficient (Wildman–Crippen LogP) is 4.34. The molecule has 0 amide bonds. The molecule has 0 atom stereocenters. The molecule has 0 unspecified atom stereocenters. The van der Waals surface area contributed by atoms with Gasteiger partial charge in [0, 0.05) is 0 Å². The minimum absolute atomic E-state index is 0.211. The molecule has 1 aromatic rings. The first kappa shape index (κ1) is 9.42. The third-order valence-corrected chi connectivity index (χ3v) is 4.68. The number of halogens is 1. The summed E-state index contributed by atoms with van der Waals surface area (Å²) in [6, 6.07) is 10.7. The SMILES string of the molecule is ClSC1(c2ccccc2)CCCC1. The van der Waals surface area contributed by atoms with Gasteiger partial charge in [-0.05, 0) is 40.1 Å². The second kappa shape index (κ2) is 3.93. The van der Waals surface area contributed by atoms with Gasteiger partial charge in [0.15, 0.2) is 0 Å². The van der Waals surface area contributed by atoms with Gasteiger partial charge in [-0.3, -0.25) is 0 Å². The topological polar surface area (TPSA) is 0 Å². The lowest BCUT2D eigenvalue weighted by molar-refractivity contribution is 0.657. The summed E-state index contributed by atoms with van der Waals surface area (Å²) in [5.41, 5.74) is 1.40. The van der Waals surface area contributed by atoms with Crippen molar-refractivity contribution >= 4 is 21.7 Å². The maximum atomic E-state index is 6.02. The third kappa shape index (κ3) is 1.72. The molecule has 1 aliphatic rings. The van der Waals surface area contributed by atoms with Crippen LogP contribution in [-0.4, -0.2) is 0 Å². The minimum atomic E-state index is 0.211. The molecule has 0 heterocycles. The summed E-state index contributed by atoms with van der Waals surface area (Å²) in [4.78, 5) is 0. The molecule has 0 saturated heterocycles. The van der Waals surface area contributed by atoms with E-state index in [9.17, 15) is 0 Å². The van der Waals surface area contributed by atoms with Crippen molar-refractivity contribution in [3.63, 3.8) is 0 Å². The maximum Gasteiger partial charge on any atom is 0.0559 e. The average molecular weight is 213 g/mol. The van der Waals surface area contributed by atoms with Crippen molar-refractivity contribution in [3.8, 4) is 0 Å². The Kier molecular flexibility index (Phi) is 2.85. The van der Waals surface area contributed by atoms with E-state index in [0.29, 0.717) is 0 Å². The number of benzene rings is 1. The van der Waals surface area contributed by atoms with E-state index in [2.05, 4.69) is 30.3 Å². The van der Waals surface area contributed by atoms with Crippen molar-refractivity contribution in [2.45, 2.75) is 30.4 Å². The standard InChI is InChI=1S/C11H13ClS/c12-13-11(8-4-5-9-11)10-6-2-1-3-7-10/h1-3,6-7H,4-5,8-9H2. The Hall–Kier alpha value is -0.140. The molecule has 13 heavy (non-hydrogen) atoms. The molecule has 0 nitrogen and oxygen atoms in total. The maximum absolute atomic E-state index is 6.02. The molecule has 0 bridgehead atoms. The first-order chi connectivity index (χ1) is 6.37. The molecular formula is C11H13ClS. The largest absolute Gasteiger partial charge is 0.0622 e. The van der Waals surface area contributed by atoms with Crippen molar-refractivity contribution in [1.29, 1.82) is 0 Å². The molecular weight excluding hydrogens is 200 g/mol. The van der Waals surface area contributed by atoms with Gasteiger partial charge in [0.05, 0.1) is 4.75 Å². The Bertz CT molecular complexity index is 265. The molecule has 0 radical (unpaired) electrons. The van der Waals surface area contributed by atoms with Crippen LogP contribution in [0.4, 0.5) is 0 Å². The third-order valence-electron chi connectivity index (χ3n) is 2.86. The van der Waals surface area contributed by atoms with Crippen LogP contribution in [0, 0.1) is 0 Å². The molecule has 70 valence electrons. The summed E-state index contributed by atoms with van der Waals surface area (Å²) in [5.74, 6) is 0. The summed E-state index contributed by atoms with van der Waals surface area (Å²) in [5, 5.41) is 0. The van der Waals surface area contributed by atoms with Gasteiger partial charge in [-0.1, -0.05) is 43.2 Å². The van der Waals surface area contributed by atoms with Crippen LogP contribution < -0.4 is 0 Å². The summed E-state index contributed by atoms with van der Waals surface area (Å²) in [6.07, 6.45) is 5.08. The fourth-order valence-corrected chi connectivity index (χ4v) is 3.50. The van der Waals surface area contributed by atoms with E-state index in [1.165, 1.54) is 42.2 Å². The van der Waals surface area contributed by atoms with Crippen LogP contribution in [0.3, 0.4) is 0 Å².